The monoisotopic (exact) mass is 1750 g/mol. The van der Waals surface area contributed by atoms with E-state index in [2.05, 4.69) is 157 Å². The van der Waals surface area contributed by atoms with Gasteiger partial charge in [-0.15, -0.1) is 78.0 Å². The van der Waals surface area contributed by atoms with Crippen molar-refractivity contribution in [1.82, 2.24) is 40.5 Å². The van der Waals surface area contributed by atoms with E-state index in [1.807, 2.05) is 52.3 Å². The molecule has 101 heavy (non-hydrogen) atoms. The molecule has 0 unspecified atom stereocenters. The number of carbonyl (C=O) groups is 6. The second kappa shape index (κ2) is 57.9. The Morgan fingerprint density at radius 3 is 1.01 bits per heavy atom. The van der Waals surface area contributed by atoms with E-state index in [4.69, 9.17) is 57.8 Å². The molecule has 29 nitrogen and oxygen atoms in total. The molecule has 43 heteroatoms. The number of thiazole rings is 6. The molecule has 0 aromatic carbocycles. The second-order valence-corrected chi connectivity index (χ2v) is 34.4. The van der Waals surface area contributed by atoms with Crippen molar-refractivity contribution in [3.63, 3.8) is 0 Å². The number of thiol groups is 2. The van der Waals surface area contributed by atoms with Crippen LogP contribution in [0.2, 0.25) is 0 Å². The van der Waals surface area contributed by atoms with Crippen molar-refractivity contribution in [2.24, 2.45) is 20.1 Å². The molecule has 1 saturated heterocycles. The number of ether oxygens (including phenoxy) is 9. The molecule has 7 heterocycles. The Bertz CT molecular complexity index is 3170. The van der Waals surface area contributed by atoms with Gasteiger partial charge < -0.3 is 74.4 Å². The average molecular weight is 1750 g/mol. The number of hydrogen-bond acceptors (Lipinski definition) is 33. The number of carbonyl (C=O) groups excluding carboxylic acids is 6. The summed E-state index contributed by atoms with van der Waals surface area (Å²) in [4.78, 5) is 96.2. The van der Waals surface area contributed by atoms with Crippen LogP contribution in [0.3, 0.4) is 0 Å². The fraction of sp³-hybridized carbons (Fsp3) is 0.552. The van der Waals surface area contributed by atoms with Gasteiger partial charge in [0.05, 0.1) is 33.1 Å². The van der Waals surface area contributed by atoms with Crippen molar-refractivity contribution in [1.29, 1.82) is 0 Å². The number of aromatic nitrogens is 6. The van der Waals surface area contributed by atoms with Gasteiger partial charge in [-0.2, -0.15) is 0 Å². The molecule has 1 aliphatic heterocycles. The first kappa shape index (κ1) is 104. The third kappa shape index (κ3) is 75.6. The maximum absolute atomic E-state index is 11.3. The number of nitrogens with two attached hydrogens (primary N) is 2. The smallest absolute Gasteiger partial charge is 0.330 e. The second-order valence-electron chi connectivity index (χ2n) is 23.7. The predicted octanol–water partition coefficient (Wildman–Crippen LogP) is 17.7. The van der Waals surface area contributed by atoms with Crippen molar-refractivity contribution in [3.8, 4) is 0 Å². The molecular formula is C58H87B3Br3N14O15S8. The Hall–Kier alpha value is -5.41. The van der Waals surface area contributed by atoms with Gasteiger partial charge >= 0.3 is 96.6 Å². The molecule has 2 amide bonds. The maximum atomic E-state index is 11.3. The van der Waals surface area contributed by atoms with E-state index < -0.39 is 70.4 Å². The number of halogens is 3. The third-order valence-corrected chi connectivity index (χ3v) is 14.3. The Morgan fingerprint density at radius 2 is 0.802 bits per heavy atom. The van der Waals surface area contributed by atoms with Crippen molar-refractivity contribution in [3.05, 3.63) is 108 Å². The first-order chi connectivity index (χ1) is 46.2. The summed E-state index contributed by atoms with van der Waals surface area (Å²) in [6.07, 6.45) is 7.66. The molecule has 5 radical (unpaired) electrons. The van der Waals surface area contributed by atoms with E-state index in [1.54, 1.807) is 148 Å². The van der Waals surface area contributed by atoms with Crippen LogP contribution in [0.15, 0.2) is 73.3 Å². The van der Waals surface area contributed by atoms with E-state index in [1.165, 1.54) is 58.2 Å². The molecule has 1 aliphatic rings. The summed E-state index contributed by atoms with van der Waals surface area (Å²) in [6, 6.07) is 0. The van der Waals surface area contributed by atoms with Gasteiger partial charge in [-0.05, 0) is 185 Å². The van der Waals surface area contributed by atoms with Crippen LogP contribution in [-0.4, -0.2) is 137 Å². The van der Waals surface area contributed by atoms with Crippen molar-refractivity contribution in [2.45, 2.75) is 197 Å². The average Bonchev–Trinajstić information content (AvgIpc) is 1.76. The van der Waals surface area contributed by atoms with Gasteiger partial charge in [0.2, 0.25) is 0 Å². The number of alkyl carbamates (subject to hydrolysis) is 2. The summed E-state index contributed by atoms with van der Waals surface area (Å²) in [5.74, 6) is 0. The SMILES string of the molecule is C1CCOC1.CC(C)(C)OC(=O)NCc1ncc(Br)s1.CC(C)(C)OC(=O)NCc1nccs1.CC(C)(C)OC(=O)OC(=O)OC(C)(C)C.CC(C)(C)OC(=O)OC(=O)OC(C)(C)C.NCc1ncc(Br)s1.NCc1nccs1.[B].[B]=NS.[B]=NS.[C-]#[N+]c1ncc(Br)s1.[C-]#[N+]c1nccs1. The molecule has 557 valence electrons. The minimum Gasteiger partial charge on any atom is -0.351 e. The number of hydrogen-bond donors (Lipinski definition) is 6. The van der Waals surface area contributed by atoms with Crippen LogP contribution in [-0.2, 0) is 68.8 Å². The molecule has 0 spiro atoms. The topological polar surface area (TPSA) is 372 Å². The predicted molar refractivity (Wildman–Crippen MR) is 417 cm³/mol. The summed E-state index contributed by atoms with van der Waals surface area (Å²) >= 11 is 25.0. The molecule has 6 N–H and O–H groups in total. The summed E-state index contributed by atoms with van der Waals surface area (Å²) in [6.45, 7) is 47.9. The fourth-order valence-electron chi connectivity index (χ4n) is 4.67. The number of rotatable bonds is 6. The molecule has 0 atom stereocenters. The normalized spacial score (nSPS) is 10.8. The summed E-state index contributed by atoms with van der Waals surface area (Å²) < 4.78 is 51.0. The van der Waals surface area contributed by atoms with Crippen LogP contribution in [0.4, 0.5) is 39.0 Å². The Labute approximate surface area is 656 Å². The molecule has 1 fully saturated rings. The number of amides is 2. The van der Waals surface area contributed by atoms with E-state index in [9.17, 15) is 28.8 Å². The van der Waals surface area contributed by atoms with Crippen LogP contribution in [0, 0.1) is 13.1 Å². The summed E-state index contributed by atoms with van der Waals surface area (Å²) in [7, 11) is 8.67. The largest absolute Gasteiger partial charge is 0.351 e. The molecule has 0 saturated carbocycles. The van der Waals surface area contributed by atoms with E-state index in [-0.39, 0.29) is 8.41 Å². The van der Waals surface area contributed by atoms with E-state index in [0.717, 1.165) is 44.6 Å². The minimum atomic E-state index is -1.06. The molecule has 0 aliphatic carbocycles. The van der Waals surface area contributed by atoms with E-state index in [0.29, 0.717) is 36.4 Å². The van der Waals surface area contributed by atoms with Crippen LogP contribution in [0.25, 0.3) is 9.69 Å². The van der Waals surface area contributed by atoms with Gasteiger partial charge in [-0.3, -0.25) is 0 Å². The van der Waals surface area contributed by atoms with Gasteiger partial charge in [0.25, 0.3) is 0 Å². The summed E-state index contributed by atoms with van der Waals surface area (Å²) in [5.41, 5.74) is 6.83. The van der Waals surface area contributed by atoms with Gasteiger partial charge in [0, 0.05) is 63.3 Å². The van der Waals surface area contributed by atoms with Crippen molar-refractivity contribution < 1.29 is 71.4 Å². The Morgan fingerprint density at radius 1 is 0.495 bits per heavy atom. The van der Waals surface area contributed by atoms with E-state index >= 15 is 0 Å². The molecule has 6 aromatic rings. The van der Waals surface area contributed by atoms with Gasteiger partial charge in [0.15, 0.2) is 0 Å². The maximum Gasteiger partial charge on any atom is 0.330 e. The molecule has 6 aromatic heterocycles. The Balaban J connectivity index is -0.000000344. The molecular weight excluding hydrogens is 1660 g/mol. The number of nitrogens with zero attached hydrogens (tertiary/aromatic N) is 10. The van der Waals surface area contributed by atoms with Crippen LogP contribution >= 0.6 is 141 Å². The zero-order valence-corrected chi connectivity index (χ0v) is 70.8. The fourth-order valence-corrected chi connectivity index (χ4v) is 9.53. The molecule has 0 bridgehead atoms. The molecule has 7 rings (SSSR count). The Kier molecular flexibility index (Phi) is 59.8. The van der Waals surface area contributed by atoms with Crippen molar-refractivity contribution in [2.75, 3.05) is 13.2 Å². The van der Waals surface area contributed by atoms with Gasteiger partial charge in [-0.25, -0.2) is 48.7 Å². The van der Waals surface area contributed by atoms with Gasteiger partial charge in [0.1, 0.15) is 69.8 Å². The standard InChI is InChI=1S/2C10H18O5.C9H13BrN2O2S.C9H14N2O2S.C4HBrN2S.C4H5BrN2S.C4H2N2S.C4H6N2S.C4H8O.2BHNS.B/c2*1-9(2,3)14-7(11)13-8(12)15-10(4,5)6;1-9(2,3)14-8(13)12-5-7-11-4-6(10)15-7;1-9(2,3)13-8(12)11-6-7-10-4-5-14-7;1-6-4-7-2-3(5)8-4;5-3-2-7-4(1-6)8-3;1-5-4-6-2-3-7-4;5-3-4-6-1-2-7-4;1-2-4-5-3-1;2*1-2-3;/h2*1-6H3;4H,5H2,1-3H3,(H,12,13);4-5H,6H2,1-3H3,(H,11,12);2H;2H,1,6H2;2-3H;1-2H,3,5H2;1-4H2;2*3H;. The zero-order valence-electron chi connectivity index (χ0n) is 59.3. The van der Waals surface area contributed by atoms with Crippen LogP contribution in [0.5, 0.6) is 0 Å². The minimum absolute atomic E-state index is 0. The zero-order chi connectivity index (χ0) is 77.8. The first-order valence-corrected chi connectivity index (χ1v) is 37.0. The third-order valence-electron chi connectivity index (χ3n) is 7.73. The van der Waals surface area contributed by atoms with Crippen molar-refractivity contribution >= 4 is 212 Å². The van der Waals surface area contributed by atoms with Crippen LogP contribution < -0.4 is 22.1 Å². The quantitative estimate of drug-likeness (QED) is 0.0225. The van der Waals surface area contributed by atoms with Crippen LogP contribution in [0.1, 0.15) is 157 Å². The number of nitrogens with one attached hydrogen (secondary N) is 2. The first-order valence-electron chi connectivity index (χ1n) is 28.7. The van der Waals surface area contributed by atoms with Gasteiger partial charge in [-0.1, -0.05) is 13.1 Å². The summed E-state index contributed by atoms with van der Waals surface area (Å²) in [5, 5.41) is 15.5.